The van der Waals surface area contributed by atoms with Crippen LogP contribution in [0.3, 0.4) is 0 Å². The van der Waals surface area contributed by atoms with Crippen molar-refractivity contribution in [2.75, 3.05) is 11.1 Å². The van der Waals surface area contributed by atoms with Crippen LogP contribution in [0.4, 0.5) is 11.5 Å². The van der Waals surface area contributed by atoms with Gasteiger partial charge in [0.1, 0.15) is 0 Å². The van der Waals surface area contributed by atoms with E-state index in [1.54, 1.807) is 0 Å². The van der Waals surface area contributed by atoms with Crippen LogP contribution in [0.15, 0.2) is 30.6 Å². The van der Waals surface area contributed by atoms with E-state index in [2.05, 4.69) is 48.9 Å². The van der Waals surface area contributed by atoms with Gasteiger partial charge in [-0.2, -0.15) is 10.2 Å². The van der Waals surface area contributed by atoms with Gasteiger partial charge in [0, 0.05) is 10.8 Å². The lowest BCUT2D eigenvalue weighted by Gasteiger charge is -2.43. The Kier molecular flexibility index (Phi) is 2.68. The molecule has 3 aromatic heterocycles. The lowest BCUT2D eigenvalue weighted by molar-refractivity contribution is 0.249. The number of nitrogen functional groups attached to an aromatic ring is 1. The van der Waals surface area contributed by atoms with Gasteiger partial charge in [0.2, 0.25) is 0 Å². The van der Waals surface area contributed by atoms with Gasteiger partial charge in [-0.3, -0.25) is 10.2 Å². The molecule has 4 aromatic rings. The van der Waals surface area contributed by atoms with E-state index in [4.69, 9.17) is 5.73 Å². The summed E-state index contributed by atoms with van der Waals surface area (Å²) in [6.45, 7) is 0. The summed E-state index contributed by atoms with van der Waals surface area (Å²) >= 11 is 0. The standard InChI is InChI=1S/C21H21N7/c22-20-12-6-11(3-4-14(12)26-27-20)19-17-10-2-1-9(5-10)16(17)18-13-7-24-28-21(13)23-8-15(18)25-19/h3-4,6-10,16-17,19,25H,1-2,5H2,(H3,22,26,27)(H,23,24,28)/t9?,10?,16-,17+,19-/m0/s1. The van der Waals surface area contributed by atoms with Crippen molar-refractivity contribution in [2.45, 2.75) is 31.2 Å². The number of hydrogen-bond donors (Lipinski definition) is 4. The molecule has 5 N–H and O–H groups in total. The highest BCUT2D eigenvalue weighted by Crippen LogP contribution is 2.64. The smallest absolute Gasteiger partial charge is 0.155 e. The molecule has 2 unspecified atom stereocenters. The van der Waals surface area contributed by atoms with Crippen molar-refractivity contribution in [1.29, 1.82) is 0 Å². The average molecular weight is 371 g/mol. The zero-order valence-corrected chi connectivity index (χ0v) is 15.3. The molecule has 2 fully saturated rings. The molecule has 2 bridgehead atoms. The number of anilines is 2. The van der Waals surface area contributed by atoms with Gasteiger partial charge >= 0.3 is 0 Å². The molecule has 0 saturated heterocycles. The van der Waals surface area contributed by atoms with Crippen LogP contribution in [0.5, 0.6) is 0 Å². The Bertz CT molecular complexity index is 1240. The number of nitrogens with one attached hydrogen (secondary N) is 3. The molecule has 28 heavy (non-hydrogen) atoms. The van der Waals surface area contributed by atoms with Gasteiger partial charge in [-0.05, 0) is 66.2 Å². The van der Waals surface area contributed by atoms with E-state index in [0.717, 1.165) is 34.1 Å². The minimum Gasteiger partial charge on any atom is -0.382 e. The molecule has 5 atom stereocenters. The molecule has 1 aromatic carbocycles. The maximum atomic E-state index is 6.09. The summed E-state index contributed by atoms with van der Waals surface area (Å²) in [5.41, 5.74) is 11.9. The zero-order chi connectivity index (χ0) is 18.4. The first-order valence-corrected chi connectivity index (χ1v) is 10.1. The Hall–Kier alpha value is -3.09. The normalized spacial score (nSPS) is 30.5. The van der Waals surface area contributed by atoms with Crippen molar-refractivity contribution in [2.24, 2.45) is 17.8 Å². The van der Waals surface area contributed by atoms with Gasteiger partial charge in [-0.1, -0.05) is 6.07 Å². The van der Waals surface area contributed by atoms with Crippen LogP contribution in [0, 0.1) is 17.8 Å². The van der Waals surface area contributed by atoms with Gasteiger partial charge in [0.25, 0.3) is 0 Å². The van der Waals surface area contributed by atoms with Crippen LogP contribution in [0.25, 0.3) is 21.9 Å². The third-order valence-electron chi connectivity index (χ3n) is 7.51. The first kappa shape index (κ1) is 14.9. The minimum atomic E-state index is 0.276. The fraction of sp³-hybridized carbons (Fsp3) is 0.381. The van der Waals surface area contributed by atoms with Crippen molar-refractivity contribution in [3.05, 3.63) is 41.7 Å². The third-order valence-corrected chi connectivity index (χ3v) is 7.51. The van der Waals surface area contributed by atoms with Gasteiger partial charge in [0.05, 0.1) is 29.6 Å². The van der Waals surface area contributed by atoms with Crippen molar-refractivity contribution >= 4 is 33.4 Å². The van der Waals surface area contributed by atoms with Crippen molar-refractivity contribution in [3.63, 3.8) is 0 Å². The zero-order valence-electron chi connectivity index (χ0n) is 15.3. The van der Waals surface area contributed by atoms with Gasteiger partial charge in [0.15, 0.2) is 11.5 Å². The van der Waals surface area contributed by atoms with Crippen LogP contribution < -0.4 is 11.1 Å². The lowest BCUT2D eigenvalue weighted by Crippen LogP contribution is -2.35. The maximum absolute atomic E-state index is 6.09. The number of aromatic amines is 2. The highest BCUT2D eigenvalue weighted by Gasteiger charge is 2.54. The molecule has 0 radical (unpaired) electrons. The number of nitrogens with zero attached hydrogens (tertiary/aromatic N) is 3. The molecular formula is C21H21N7. The second-order valence-electron chi connectivity index (χ2n) is 8.69. The number of pyridine rings is 1. The first-order chi connectivity index (χ1) is 13.8. The molecule has 2 aliphatic carbocycles. The largest absolute Gasteiger partial charge is 0.382 e. The Balaban J connectivity index is 1.44. The molecule has 140 valence electrons. The minimum absolute atomic E-state index is 0.276. The number of fused-ring (bicyclic) bond motifs is 10. The molecule has 2 saturated carbocycles. The van der Waals surface area contributed by atoms with Crippen molar-refractivity contribution < 1.29 is 0 Å². The van der Waals surface area contributed by atoms with E-state index in [0.29, 0.717) is 17.7 Å². The number of rotatable bonds is 1. The Morgan fingerprint density at radius 3 is 2.93 bits per heavy atom. The van der Waals surface area contributed by atoms with Crippen LogP contribution in [0.1, 0.15) is 42.3 Å². The van der Waals surface area contributed by atoms with Gasteiger partial charge in [-0.15, -0.1) is 0 Å². The number of benzene rings is 1. The Morgan fingerprint density at radius 1 is 1.04 bits per heavy atom. The van der Waals surface area contributed by atoms with E-state index in [1.165, 1.54) is 35.8 Å². The summed E-state index contributed by atoms with van der Waals surface area (Å²) < 4.78 is 0. The van der Waals surface area contributed by atoms with Crippen LogP contribution in [0.2, 0.25) is 0 Å². The molecule has 1 aliphatic heterocycles. The topological polar surface area (TPSA) is 108 Å². The summed E-state index contributed by atoms with van der Waals surface area (Å²) in [6.07, 6.45) is 7.95. The molecule has 0 amide bonds. The Labute approximate surface area is 161 Å². The van der Waals surface area contributed by atoms with Crippen LogP contribution in [-0.4, -0.2) is 25.4 Å². The molecule has 7 nitrogen and oxygen atoms in total. The average Bonchev–Trinajstić information content (AvgIpc) is 3.51. The van der Waals surface area contributed by atoms with Crippen LogP contribution >= 0.6 is 0 Å². The highest BCUT2D eigenvalue weighted by molar-refractivity contribution is 5.89. The molecule has 3 aliphatic rings. The van der Waals surface area contributed by atoms with E-state index in [1.807, 2.05) is 12.4 Å². The number of H-pyrrole nitrogens is 2. The number of nitrogens with two attached hydrogens (primary N) is 1. The fourth-order valence-electron chi connectivity index (χ4n) is 6.45. The van der Waals surface area contributed by atoms with E-state index in [-0.39, 0.29) is 6.04 Å². The SMILES string of the molecule is Nc1n[nH]c2ccc([C@@H]3Nc4cnc5[nH]ncc5c4[C@H]4C5CCC(C5)[C@@H]34)cc12. The predicted molar refractivity (Wildman–Crippen MR) is 108 cm³/mol. The molecule has 7 rings (SSSR count). The monoisotopic (exact) mass is 371 g/mol. The predicted octanol–water partition coefficient (Wildman–Crippen LogP) is 3.71. The second kappa shape index (κ2) is 5.04. The molecule has 4 heterocycles. The quantitative estimate of drug-likeness (QED) is 0.408. The van der Waals surface area contributed by atoms with E-state index >= 15 is 0 Å². The Morgan fingerprint density at radius 2 is 1.96 bits per heavy atom. The van der Waals surface area contributed by atoms with Gasteiger partial charge in [-0.25, -0.2) is 4.98 Å². The van der Waals surface area contributed by atoms with E-state index in [9.17, 15) is 0 Å². The molecule has 7 heteroatoms. The number of hydrogen-bond acceptors (Lipinski definition) is 5. The molecular weight excluding hydrogens is 350 g/mol. The summed E-state index contributed by atoms with van der Waals surface area (Å²) in [7, 11) is 0. The fourth-order valence-corrected chi connectivity index (χ4v) is 6.45. The lowest BCUT2D eigenvalue weighted by atomic mass is 9.67. The van der Waals surface area contributed by atoms with Crippen molar-refractivity contribution in [3.8, 4) is 0 Å². The second-order valence-corrected chi connectivity index (χ2v) is 8.69. The van der Waals surface area contributed by atoms with Gasteiger partial charge < -0.3 is 11.1 Å². The summed E-state index contributed by atoms with van der Waals surface area (Å²) in [5, 5.41) is 20.5. The maximum Gasteiger partial charge on any atom is 0.155 e. The first-order valence-electron chi connectivity index (χ1n) is 10.1. The van der Waals surface area contributed by atoms with Crippen molar-refractivity contribution in [1.82, 2.24) is 25.4 Å². The summed E-state index contributed by atoms with van der Waals surface area (Å²) in [6, 6.07) is 6.81. The van der Waals surface area contributed by atoms with E-state index < -0.39 is 0 Å². The number of aromatic nitrogens is 5. The molecule has 0 spiro atoms. The summed E-state index contributed by atoms with van der Waals surface area (Å²) in [5.74, 6) is 3.27. The van der Waals surface area contributed by atoms with Crippen LogP contribution in [-0.2, 0) is 0 Å². The summed E-state index contributed by atoms with van der Waals surface area (Å²) in [4.78, 5) is 4.60. The highest BCUT2D eigenvalue weighted by atomic mass is 15.2. The third kappa shape index (κ3) is 1.77.